The van der Waals surface area contributed by atoms with Crippen molar-refractivity contribution in [1.29, 1.82) is 0 Å². The first-order valence-electron chi connectivity index (χ1n) is 5.54. The molecule has 90 valence electrons. The minimum absolute atomic E-state index is 0.206. The van der Waals surface area contributed by atoms with Crippen LogP contribution in [0.3, 0.4) is 0 Å². The molecule has 0 radical (unpaired) electrons. The predicted octanol–water partition coefficient (Wildman–Crippen LogP) is 1.10. The van der Waals surface area contributed by atoms with Crippen molar-refractivity contribution in [2.45, 2.75) is 10.8 Å². The van der Waals surface area contributed by atoms with Crippen LogP contribution in [0.15, 0.2) is 48.5 Å². The Labute approximate surface area is 127 Å². The summed E-state index contributed by atoms with van der Waals surface area (Å²) in [6.07, 6.45) is 1.06. The first-order valence-corrected chi connectivity index (χ1v) is 10.3. The van der Waals surface area contributed by atoms with Gasteiger partial charge >= 0.3 is 128 Å². The van der Waals surface area contributed by atoms with E-state index < -0.39 is 0 Å². The molecule has 0 bridgehead atoms. The molecule has 0 aromatic heterocycles. The molecule has 0 saturated heterocycles. The molecule has 0 N–H and O–H groups in total. The fourth-order valence-corrected chi connectivity index (χ4v) is 3.58. The molecule has 0 aliphatic carbocycles. The fourth-order valence-electron chi connectivity index (χ4n) is 1.82. The zero-order chi connectivity index (χ0) is 12.1. The maximum atomic E-state index is 2.42. The molecule has 2 aromatic carbocycles. The second kappa shape index (κ2) is 6.73. The van der Waals surface area contributed by atoms with Crippen LogP contribution in [0.1, 0.15) is 16.7 Å². The summed E-state index contributed by atoms with van der Waals surface area (Å²) in [7, 11) is 0. The van der Waals surface area contributed by atoms with E-state index in [0.717, 1.165) is 10.8 Å². The van der Waals surface area contributed by atoms with Gasteiger partial charge in [0.1, 0.15) is 0 Å². The topological polar surface area (TPSA) is 0 Å². The van der Waals surface area contributed by atoms with Gasteiger partial charge in [0, 0.05) is 0 Å². The molecule has 0 heterocycles. The summed E-state index contributed by atoms with van der Waals surface area (Å²) in [4.78, 5) is 2.31. The molecule has 2 heteroatoms. The van der Waals surface area contributed by atoms with Crippen molar-refractivity contribution >= 4 is 22.6 Å². The van der Waals surface area contributed by atoms with E-state index in [-0.39, 0.29) is 21.2 Å². The number of hydrogen-bond donors (Lipinski definition) is 0. The van der Waals surface area contributed by atoms with Crippen LogP contribution in [0.2, 0.25) is 0 Å². The van der Waals surface area contributed by atoms with Crippen LogP contribution in [-0.4, -0.2) is 4.93 Å². The van der Waals surface area contributed by atoms with Gasteiger partial charge in [-0.1, -0.05) is 0 Å². The van der Waals surface area contributed by atoms with Gasteiger partial charge < -0.3 is 0 Å². The van der Waals surface area contributed by atoms with E-state index >= 15 is 0 Å². The summed E-state index contributed by atoms with van der Waals surface area (Å²) < 4.78 is 2.62. The summed E-state index contributed by atoms with van der Waals surface area (Å²) in [5.41, 5.74) is 4.28. The fraction of sp³-hybridized carbons (Fsp3) is 0.200. The van der Waals surface area contributed by atoms with E-state index in [2.05, 4.69) is 76.1 Å². The van der Waals surface area contributed by atoms with Crippen LogP contribution < -0.4 is 21.2 Å². The SMILES string of the molecule is C[I-]c1cccc(Cc2cccc(CI)c2)c1. The zero-order valence-corrected chi connectivity index (χ0v) is 14.1. The molecule has 17 heavy (non-hydrogen) atoms. The summed E-state index contributed by atoms with van der Waals surface area (Å²) in [5, 5.41) is 0. The van der Waals surface area contributed by atoms with E-state index in [1.165, 1.54) is 20.3 Å². The minimum atomic E-state index is 0.206. The molecule has 2 aromatic rings. The van der Waals surface area contributed by atoms with E-state index in [4.69, 9.17) is 0 Å². The Balaban J connectivity index is 2.18. The molecule has 0 fully saturated rings. The molecular weight excluding hydrogens is 434 g/mol. The summed E-state index contributed by atoms with van der Waals surface area (Å²) >= 11 is 2.62. The van der Waals surface area contributed by atoms with Crippen LogP contribution in [0.25, 0.3) is 0 Å². The van der Waals surface area contributed by atoms with Gasteiger partial charge in [-0.05, 0) is 0 Å². The molecular formula is C15H15I2-. The van der Waals surface area contributed by atoms with Gasteiger partial charge in [-0.3, -0.25) is 0 Å². The van der Waals surface area contributed by atoms with Crippen molar-refractivity contribution < 1.29 is 21.2 Å². The average molecular weight is 449 g/mol. The number of benzene rings is 2. The predicted molar refractivity (Wildman–Crippen MR) is 78.0 cm³/mol. The van der Waals surface area contributed by atoms with Crippen molar-refractivity contribution in [2.24, 2.45) is 0 Å². The molecule has 0 unspecified atom stereocenters. The standard InChI is InChI=1S/C15H15I2/c1-17-15-7-3-5-13(10-15)8-12-4-2-6-14(9-12)11-16/h2-7,9-10H,8,11H2,1H3/q-1. The van der Waals surface area contributed by atoms with E-state index in [1.54, 1.807) is 0 Å². The van der Waals surface area contributed by atoms with Gasteiger partial charge in [-0.15, -0.1) is 0 Å². The van der Waals surface area contributed by atoms with E-state index in [9.17, 15) is 0 Å². The van der Waals surface area contributed by atoms with Crippen LogP contribution in [0.4, 0.5) is 0 Å². The molecule has 0 atom stereocenters. The van der Waals surface area contributed by atoms with Gasteiger partial charge in [0.15, 0.2) is 0 Å². The number of halogens is 2. The van der Waals surface area contributed by atoms with Gasteiger partial charge in [-0.25, -0.2) is 0 Å². The van der Waals surface area contributed by atoms with Crippen molar-refractivity contribution in [3.8, 4) is 0 Å². The summed E-state index contributed by atoms with van der Waals surface area (Å²) in [6.45, 7) is 0. The third kappa shape index (κ3) is 3.95. The second-order valence-corrected chi connectivity index (χ2v) is 7.04. The Hall–Kier alpha value is -0.100. The van der Waals surface area contributed by atoms with Gasteiger partial charge in [0.25, 0.3) is 0 Å². The molecule has 0 saturated carbocycles. The van der Waals surface area contributed by atoms with Crippen molar-refractivity contribution in [1.82, 2.24) is 0 Å². The zero-order valence-electron chi connectivity index (χ0n) is 9.79. The Morgan fingerprint density at radius 2 is 1.59 bits per heavy atom. The number of rotatable bonds is 4. The van der Waals surface area contributed by atoms with E-state index in [1.807, 2.05) is 0 Å². The average Bonchev–Trinajstić information content (AvgIpc) is 2.39. The first-order chi connectivity index (χ1) is 8.31. The normalized spacial score (nSPS) is 10.7. The van der Waals surface area contributed by atoms with Crippen molar-refractivity contribution in [3.63, 3.8) is 0 Å². The van der Waals surface area contributed by atoms with Gasteiger partial charge in [0.2, 0.25) is 0 Å². The third-order valence-electron chi connectivity index (χ3n) is 2.66. The quantitative estimate of drug-likeness (QED) is 0.485. The van der Waals surface area contributed by atoms with Crippen LogP contribution in [-0.2, 0) is 10.8 Å². The van der Waals surface area contributed by atoms with Gasteiger partial charge in [-0.2, -0.15) is 0 Å². The van der Waals surface area contributed by atoms with Crippen molar-refractivity contribution in [2.75, 3.05) is 4.93 Å². The molecule has 2 rings (SSSR count). The Morgan fingerprint density at radius 3 is 2.29 bits per heavy atom. The second-order valence-electron chi connectivity index (χ2n) is 3.95. The summed E-state index contributed by atoms with van der Waals surface area (Å²) in [6, 6.07) is 17.9. The molecule has 0 aliphatic rings. The maximum absolute atomic E-state index is 2.42. The molecule has 0 amide bonds. The third-order valence-corrected chi connectivity index (χ3v) is 5.46. The summed E-state index contributed by atoms with van der Waals surface area (Å²) in [5.74, 6) is 0. The van der Waals surface area contributed by atoms with Crippen LogP contribution in [0, 0.1) is 3.57 Å². The van der Waals surface area contributed by atoms with Gasteiger partial charge in [0.05, 0.1) is 0 Å². The number of hydrogen-bond acceptors (Lipinski definition) is 0. The van der Waals surface area contributed by atoms with Crippen LogP contribution >= 0.6 is 22.6 Å². The van der Waals surface area contributed by atoms with E-state index in [0.29, 0.717) is 0 Å². The number of alkyl halides is 2. The first kappa shape index (κ1) is 13.3. The van der Waals surface area contributed by atoms with Crippen molar-refractivity contribution in [3.05, 3.63) is 68.8 Å². The molecule has 0 nitrogen and oxygen atoms in total. The Morgan fingerprint density at radius 1 is 0.941 bits per heavy atom. The Bertz CT molecular complexity index is 446. The Kier molecular flexibility index (Phi) is 5.28. The molecule has 0 aliphatic heterocycles. The molecule has 0 spiro atoms. The van der Waals surface area contributed by atoms with Crippen LogP contribution in [0.5, 0.6) is 0 Å². The monoisotopic (exact) mass is 449 g/mol.